The van der Waals surface area contributed by atoms with Gasteiger partial charge in [0.05, 0.1) is 0 Å². The number of anilines is 2. The first-order valence-corrected chi connectivity index (χ1v) is 7.99. The quantitative estimate of drug-likeness (QED) is 0.838. The van der Waals surface area contributed by atoms with Crippen molar-refractivity contribution < 1.29 is 9.59 Å². The van der Waals surface area contributed by atoms with E-state index in [1.54, 1.807) is 0 Å². The summed E-state index contributed by atoms with van der Waals surface area (Å²) in [5, 5.41) is 6.02. The Morgan fingerprint density at radius 2 is 1.04 bits per heavy atom. The van der Waals surface area contributed by atoms with E-state index in [1.807, 2.05) is 68.4 Å². The van der Waals surface area contributed by atoms with Gasteiger partial charge in [-0.05, 0) is 37.5 Å². The fraction of sp³-hybridized carbons (Fsp3) is 0.579. The summed E-state index contributed by atoms with van der Waals surface area (Å²) in [6, 6.07) is 1.99. The average molecular weight is 318 g/mol. The van der Waals surface area contributed by atoms with Gasteiger partial charge in [0.15, 0.2) is 0 Å². The normalized spacial score (nSPS) is 12.0. The number of amides is 2. The van der Waals surface area contributed by atoms with Crippen LogP contribution in [-0.4, -0.2) is 11.8 Å². The smallest absolute Gasteiger partial charge is 0.229 e. The van der Waals surface area contributed by atoms with Crippen LogP contribution in [0.1, 0.15) is 58.2 Å². The fourth-order valence-electron chi connectivity index (χ4n) is 2.17. The first-order chi connectivity index (χ1) is 10.2. The van der Waals surface area contributed by atoms with E-state index in [9.17, 15) is 9.59 Å². The van der Waals surface area contributed by atoms with Crippen LogP contribution >= 0.6 is 0 Å². The Balaban J connectivity index is 3.28. The fourth-order valence-corrected chi connectivity index (χ4v) is 2.17. The Labute approximate surface area is 140 Å². The molecule has 0 unspecified atom stereocenters. The summed E-state index contributed by atoms with van der Waals surface area (Å²) in [6.07, 6.45) is 0. The van der Waals surface area contributed by atoms with Crippen LogP contribution in [0.4, 0.5) is 11.4 Å². The first-order valence-electron chi connectivity index (χ1n) is 7.99. The average Bonchev–Trinajstić information content (AvgIpc) is 2.36. The third kappa shape index (κ3) is 4.57. The van der Waals surface area contributed by atoms with E-state index in [0.717, 1.165) is 28.1 Å². The molecule has 2 N–H and O–H groups in total. The summed E-state index contributed by atoms with van der Waals surface area (Å²) >= 11 is 0. The van der Waals surface area contributed by atoms with E-state index in [1.165, 1.54) is 0 Å². The molecule has 0 aromatic heterocycles. The summed E-state index contributed by atoms with van der Waals surface area (Å²) in [6.45, 7) is 17.1. The molecule has 0 aliphatic rings. The van der Waals surface area contributed by atoms with Crippen LogP contribution < -0.4 is 10.6 Å². The highest BCUT2D eigenvalue weighted by molar-refractivity contribution is 6.00. The molecule has 0 aliphatic heterocycles. The zero-order valence-corrected chi connectivity index (χ0v) is 15.9. The predicted molar refractivity (Wildman–Crippen MR) is 96.8 cm³/mol. The van der Waals surface area contributed by atoms with E-state index in [0.29, 0.717) is 0 Å². The third-order valence-electron chi connectivity index (χ3n) is 3.81. The molecule has 0 atom stereocenters. The van der Waals surface area contributed by atoms with Crippen molar-refractivity contribution in [2.45, 2.75) is 62.3 Å². The Kier molecular flexibility index (Phi) is 5.30. The summed E-state index contributed by atoms with van der Waals surface area (Å²) in [7, 11) is 0. The molecule has 4 heteroatoms. The minimum absolute atomic E-state index is 0.0411. The maximum atomic E-state index is 12.3. The highest BCUT2D eigenvalue weighted by atomic mass is 16.2. The third-order valence-corrected chi connectivity index (χ3v) is 3.81. The van der Waals surface area contributed by atoms with E-state index < -0.39 is 10.8 Å². The molecule has 0 saturated carbocycles. The van der Waals surface area contributed by atoms with Gasteiger partial charge < -0.3 is 10.6 Å². The van der Waals surface area contributed by atoms with Gasteiger partial charge in [0, 0.05) is 22.2 Å². The molecule has 1 aromatic rings. The number of hydrogen-bond acceptors (Lipinski definition) is 2. The van der Waals surface area contributed by atoms with Gasteiger partial charge in [-0.15, -0.1) is 0 Å². The van der Waals surface area contributed by atoms with Gasteiger partial charge in [0.1, 0.15) is 0 Å². The van der Waals surface area contributed by atoms with Crippen LogP contribution in [0.2, 0.25) is 0 Å². The van der Waals surface area contributed by atoms with Crippen LogP contribution in [0.25, 0.3) is 0 Å². The lowest BCUT2D eigenvalue weighted by atomic mass is 9.93. The maximum absolute atomic E-state index is 12.3. The van der Waals surface area contributed by atoms with E-state index in [4.69, 9.17) is 0 Å². The summed E-state index contributed by atoms with van der Waals surface area (Å²) < 4.78 is 0. The van der Waals surface area contributed by atoms with Crippen LogP contribution in [0.3, 0.4) is 0 Å². The molecule has 4 nitrogen and oxygen atoms in total. The lowest BCUT2D eigenvalue weighted by molar-refractivity contribution is -0.123. The number of hydrogen-bond donors (Lipinski definition) is 2. The van der Waals surface area contributed by atoms with Crippen molar-refractivity contribution in [3.8, 4) is 0 Å². The Hall–Kier alpha value is -1.84. The van der Waals surface area contributed by atoms with Crippen LogP contribution in [-0.2, 0) is 9.59 Å². The lowest BCUT2D eigenvalue weighted by Crippen LogP contribution is -2.30. The zero-order valence-electron chi connectivity index (χ0n) is 15.9. The monoisotopic (exact) mass is 318 g/mol. The summed E-state index contributed by atoms with van der Waals surface area (Å²) in [4.78, 5) is 24.6. The molecule has 1 aromatic carbocycles. The zero-order chi connectivity index (χ0) is 18.2. The molecular weight excluding hydrogens is 288 g/mol. The predicted octanol–water partition coefficient (Wildman–Crippen LogP) is 4.58. The Morgan fingerprint density at radius 1 is 0.739 bits per heavy atom. The van der Waals surface area contributed by atoms with Crippen molar-refractivity contribution in [3.05, 3.63) is 22.8 Å². The second-order valence-electron chi connectivity index (χ2n) is 8.29. The Morgan fingerprint density at radius 3 is 1.30 bits per heavy atom. The number of nitrogens with one attached hydrogen (secondary N) is 2. The molecule has 0 radical (unpaired) electrons. The number of carbonyl (C=O) groups is 2. The topological polar surface area (TPSA) is 58.2 Å². The van der Waals surface area contributed by atoms with Gasteiger partial charge in [-0.25, -0.2) is 0 Å². The van der Waals surface area contributed by atoms with Crippen LogP contribution in [0.15, 0.2) is 6.07 Å². The molecule has 0 heterocycles. The highest BCUT2D eigenvalue weighted by Gasteiger charge is 2.25. The molecular formula is C19H30N2O2. The first kappa shape index (κ1) is 19.2. The molecule has 0 bridgehead atoms. The van der Waals surface area contributed by atoms with Crippen LogP contribution in [0, 0.1) is 31.6 Å². The van der Waals surface area contributed by atoms with Gasteiger partial charge in [-0.3, -0.25) is 9.59 Å². The second-order valence-corrected chi connectivity index (χ2v) is 8.29. The molecule has 0 aliphatic carbocycles. The van der Waals surface area contributed by atoms with Crippen molar-refractivity contribution in [1.29, 1.82) is 0 Å². The molecule has 0 fully saturated rings. The van der Waals surface area contributed by atoms with Crippen molar-refractivity contribution in [3.63, 3.8) is 0 Å². The standard InChI is InChI=1S/C19H30N2O2/c1-11-10-12(2)15(21-17(23)19(7,8)9)13(3)14(11)20-16(22)18(4,5)6/h10H,1-9H3,(H,20,22)(H,21,23). The van der Waals surface area contributed by atoms with Gasteiger partial charge >= 0.3 is 0 Å². The van der Waals surface area contributed by atoms with Crippen molar-refractivity contribution in [1.82, 2.24) is 0 Å². The largest absolute Gasteiger partial charge is 0.325 e. The van der Waals surface area contributed by atoms with Gasteiger partial charge in [-0.2, -0.15) is 0 Å². The molecule has 23 heavy (non-hydrogen) atoms. The van der Waals surface area contributed by atoms with Crippen molar-refractivity contribution in [2.75, 3.05) is 10.6 Å². The molecule has 0 saturated heterocycles. The van der Waals surface area contributed by atoms with Gasteiger partial charge in [0.2, 0.25) is 11.8 Å². The van der Waals surface area contributed by atoms with Crippen LogP contribution in [0.5, 0.6) is 0 Å². The molecule has 128 valence electrons. The van der Waals surface area contributed by atoms with E-state index in [-0.39, 0.29) is 11.8 Å². The summed E-state index contributed by atoms with van der Waals surface area (Å²) in [5.74, 6) is -0.0821. The minimum atomic E-state index is -0.474. The van der Waals surface area contributed by atoms with Crippen molar-refractivity contribution in [2.24, 2.45) is 10.8 Å². The van der Waals surface area contributed by atoms with Gasteiger partial charge in [-0.1, -0.05) is 47.6 Å². The van der Waals surface area contributed by atoms with Crippen molar-refractivity contribution >= 4 is 23.2 Å². The Bertz CT molecular complexity index is 580. The molecule has 0 spiro atoms. The van der Waals surface area contributed by atoms with E-state index >= 15 is 0 Å². The molecule has 1 rings (SSSR count). The SMILES string of the molecule is Cc1cc(C)c(NC(=O)C(C)(C)C)c(C)c1NC(=O)C(C)(C)C. The summed E-state index contributed by atoms with van der Waals surface area (Å²) in [5.41, 5.74) is 3.48. The number of benzene rings is 1. The number of aryl methyl sites for hydroxylation is 2. The van der Waals surface area contributed by atoms with Gasteiger partial charge in [0.25, 0.3) is 0 Å². The number of carbonyl (C=O) groups excluding carboxylic acids is 2. The maximum Gasteiger partial charge on any atom is 0.229 e. The van der Waals surface area contributed by atoms with E-state index in [2.05, 4.69) is 10.6 Å². The second kappa shape index (κ2) is 6.34. The molecule has 2 amide bonds. The highest BCUT2D eigenvalue weighted by Crippen LogP contribution is 2.33. The number of rotatable bonds is 2. The lowest BCUT2D eigenvalue weighted by Gasteiger charge is -2.24. The minimum Gasteiger partial charge on any atom is -0.325 e.